The number of carboxylic acid groups (broad SMARTS) is 1. The number of carbonyl (C=O) groups excluding carboxylic acids is 1. The third kappa shape index (κ3) is 4.24. The number of nitrogens with zero attached hydrogens (tertiary/aromatic N) is 4. The molecule has 2 amide bonds. The molecule has 0 aromatic heterocycles. The normalized spacial score (nSPS) is 24.7. The van der Waals surface area contributed by atoms with Crippen LogP contribution in [0.5, 0.6) is 0 Å². The second-order valence-electron chi connectivity index (χ2n) is 7.06. The number of rotatable bonds is 2. The molecule has 2 fully saturated rings. The van der Waals surface area contributed by atoms with Crippen molar-refractivity contribution in [2.75, 3.05) is 31.1 Å². The lowest BCUT2D eigenvalue weighted by Gasteiger charge is -2.38. The summed E-state index contributed by atoms with van der Waals surface area (Å²) >= 11 is 5.95. The molecule has 162 valence electrons. The Morgan fingerprint density at radius 3 is 2.53 bits per heavy atom. The third-order valence-electron chi connectivity index (χ3n) is 5.08. The van der Waals surface area contributed by atoms with Gasteiger partial charge >= 0.3 is 12.3 Å². The summed E-state index contributed by atoms with van der Waals surface area (Å²) in [7, 11) is 0. The minimum atomic E-state index is -4.77. The zero-order chi connectivity index (χ0) is 22.2. The monoisotopic (exact) mass is 446 g/mol. The fraction of sp³-hybridized carbons (Fsp3) is 0.500. The van der Waals surface area contributed by atoms with Gasteiger partial charge in [-0.1, -0.05) is 11.6 Å². The molecule has 0 saturated carbocycles. The molecule has 0 bridgehead atoms. The Morgan fingerprint density at radius 1 is 1.30 bits per heavy atom. The number of ether oxygens (including phenoxy) is 1. The number of alkyl halides is 3. The average molecular weight is 447 g/mol. The maximum absolute atomic E-state index is 13.6. The molecule has 3 rings (SSSR count). The zero-order valence-electron chi connectivity index (χ0n) is 15.8. The first-order valence-corrected chi connectivity index (χ1v) is 9.37. The van der Waals surface area contributed by atoms with Crippen molar-refractivity contribution in [3.8, 4) is 6.07 Å². The number of anilines is 1. The van der Waals surface area contributed by atoms with Gasteiger partial charge in [0.15, 0.2) is 6.10 Å². The molecule has 2 aliphatic heterocycles. The third-order valence-corrected chi connectivity index (χ3v) is 5.40. The van der Waals surface area contributed by atoms with Gasteiger partial charge in [-0.05, 0) is 25.1 Å². The van der Waals surface area contributed by atoms with Gasteiger partial charge in [0.1, 0.15) is 6.07 Å². The molecule has 2 saturated heterocycles. The van der Waals surface area contributed by atoms with E-state index >= 15 is 0 Å². The average Bonchev–Trinajstić information content (AvgIpc) is 3.13. The fourth-order valence-electron chi connectivity index (χ4n) is 3.60. The SMILES string of the molecule is CC1CN(C(=O)[C@@H]2CN(c3ccc(C#N)c(Cl)c3)[C@@H](C(F)(F)F)O2)CCN1C(=O)O. The van der Waals surface area contributed by atoms with Crippen molar-refractivity contribution in [1.82, 2.24) is 9.80 Å². The highest BCUT2D eigenvalue weighted by Crippen LogP contribution is 2.36. The minimum Gasteiger partial charge on any atom is -0.465 e. The Hall–Kier alpha value is -2.71. The van der Waals surface area contributed by atoms with E-state index in [2.05, 4.69) is 0 Å². The first kappa shape index (κ1) is 22.0. The standard InChI is InChI=1S/C18H18ClF3N4O4/c1-10-8-24(4-5-25(10)17(28)29)15(27)14-9-26(16(30-14)18(20,21)22)12-3-2-11(7-23)13(19)6-12/h2-3,6,10,14,16H,4-5,8-9H2,1H3,(H,28,29)/t10?,14-,16+/m0/s1. The highest BCUT2D eigenvalue weighted by atomic mass is 35.5. The predicted octanol–water partition coefficient (Wildman–Crippen LogP) is 2.52. The van der Waals surface area contributed by atoms with Gasteiger partial charge in [-0.3, -0.25) is 4.79 Å². The molecular weight excluding hydrogens is 429 g/mol. The van der Waals surface area contributed by atoms with Gasteiger partial charge in [-0.15, -0.1) is 0 Å². The van der Waals surface area contributed by atoms with E-state index in [1.807, 2.05) is 6.07 Å². The lowest BCUT2D eigenvalue weighted by Crippen LogP contribution is -2.57. The summed E-state index contributed by atoms with van der Waals surface area (Å²) in [4.78, 5) is 27.3. The molecule has 1 aromatic carbocycles. The highest BCUT2D eigenvalue weighted by molar-refractivity contribution is 6.32. The first-order valence-electron chi connectivity index (χ1n) is 8.99. The minimum absolute atomic E-state index is 0.00989. The van der Waals surface area contributed by atoms with Crippen molar-refractivity contribution in [3.63, 3.8) is 0 Å². The molecule has 1 unspecified atom stereocenters. The number of hydrogen-bond acceptors (Lipinski definition) is 5. The van der Waals surface area contributed by atoms with Crippen LogP contribution in [0.2, 0.25) is 5.02 Å². The van der Waals surface area contributed by atoms with E-state index < -0.39 is 36.6 Å². The molecule has 8 nitrogen and oxygen atoms in total. The van der Waals surface area contributed by atoms with Crippen LogP contribution < -0.4 is 4.90 Å². The van der Waals surface area contributed by atoms with E-state index in [0.717, 1.165) is 4.90 Å². The van der Waals surface area contributed by atoms with Gasteiger partial charge in [-0.25, -0.2) is 4.79 Å². The molecule has 2 heterocycles. The second kappa shape index (κ2) is 8.20. The predicted molar refractivity (Wildman–Crippen MR) is 99.0 cm³/mol. The van der Waals surface area contributed by atoms with Crippen LogP contribution in [0.1, 0.15) is 12.5 Å². The number of amides is 2. The molecule has 1 N–H and O–H groups in total. The van der Waals surface area contributed by atoms with Gasteiger partial charge in [-0.2, -0.15) is 18.4 Å². The largest absolute Gasteiger partial charge is 0.465 e. The molecule has 12 heteroatoms. The lowest BCUT2D eigenvalue weighted by atomic mass is 10.1. The Bertz CT molecular complexity index is 891. The van der Waals surface area contributed by atoms with Crippen molar-refractivity contribution in [3.05, 3.63) is 28.8 Å². The maximum Gasteiger partial charge on any atom is 0.433 e. The number of halogens is 4. The van der Waals surface area contributed by atoms with Crippen molar-refractivity contribution in [1.29, 1.82) is 5.26 Å². The Labute approximate surface area is 175 Å². The van der Waals surface area contributed by atoms with Crippen molar-refractivity contribution in [2.24, 2.45) is 0 Å². The molecule has 3 atom stereocenters. The van der Waals surface area contributed by atoms with Crippen molar-refractivity contribution < 1.29 is 32.6 Å². The van der Waals surface area contributed by atoms with Crippen molar-refractivity contribution >= 4 is 29.3 Å². The number of hydrogen-bond donors (Lipinski definition) is 1. The summed E-state index contributed by atoms with van der Waals surface area (Å²) in [6, 6.07) is 5.17. The second-order valence-corrected chi connectivity index (χ2v) is 7.46. The van der Waals surface area contributed by atoms with Crippen LogP contribution in [-0.2, 0) is 9.53 Å². The van der Waals surface area contributed by atoms with E-state index in [1.54, 1.807) is 6.92 Å². The quantitative estimate of drug-likeness (QED) is 0.749. The highest BCUT2D eigenvalue weighted by Gasteiger charge is 2.53. The van der Waals surface area contributed by atoms with E-state index in [0.29, 0.717) is 0 Å². The molecule has 0 spiro atoms. The summed E-state index contributed by atoms with van der Waals surface area (Å²) in [6.45, 7) is 1.44. The summed E-state index contributed by atoms with van der Waals surface area (Å²) in [5.74, 6) is -0.636. The van der Waals surface area contributed by atoms with Crippen LogP contribution in [0.25, 0.3) is 0 Å². The maximum atomic E-state index is 13.6. The first-order chi connectivity index (χ1) is 14.0. The van der Waals surface area contributed by atoms with Crippen LogP contribution in [0.4, 0.5) is 23.7 Å². The summed E-state index contributed by atoms with van der Waals surface area (Å²) in [5, 5.41) is 18.1. The smallest absolute Gasteiger partial charge is 0.433 e. The van der Waals surface area contributed by atoms with E-state index in [9.17, 15) is 22.8 Å². The van der Waals surface area contributed by atoms with Crippen LogP contribution in [0, 0.1) is 11.3 Å². The summed E-state index contributed by atoms with van der Waals surface area (Å²) in [6.07, 6.45) is -9.62. The number of nitriles is 1. The molecule has 1 aromatic rings. The molecule has 30 heavy (non-hydrogen) atoms. The van der Waals surface area contributed by atoms with E-state index in [1.165, 1.54) is 28.0 Å². The molecule has 0 aliphatic carbocycles. The Kier molecular flexibility index (Phi) is 6.01. The van der Waals surface area contributed by atoms with Gasteiger partial charge < -0.3 is 24.5 Å². The number of piperazine rings is 1. The topological polar surface area (TPSA) is 97.1 Å². The summed E-state index contributed by atoms with van der Waals surface area (Å²) in [5.41, 5.74) is 0.183. The fourth-order valence-corrected chi connectivity index (χ4v) is 3.81. The van der Waals surface area contributed by atoms with Crippen LogP contribution in [0.15, 0.2) is 18.2 Å². The lowest BCUT2D eigenvalue weighted by molar-refractivity contribution is -0.215. The van der Waals surface area contributed by atoms with Crippen LogP contribution in [-0.4, -0.2) is 77.6 Å². The van der Waals surface area contributed by atoms with Gasteiger partial charge in [0.05, 0.1) is 17.1 Å². The Balaban J connectivity index is 1.79. The molecule has 0 radical (unpaired) electrons. The van der Waals surface area contributed by atoms with Gasteiger partial charge in [0.25, 0.3) is 5.91 Å². The summed E-state index contributed by atoms with van der Waals surface area (Å²) < 4.78 is 45.8. The molecular formula is C18H18ClF3N4O4. The van der Waals surface area contributed by atoms with Crippen LogP contribution in [0.3, 0.4) is 0 Å². The number of benzene rings is 1. The van der Waals surface area contributed by atoms with Crippen LogP contribution >= 0.6 is 11.6 Å². The van der Waals surface area contributed by atoms with E-state index in [-0.39, 0.29) is 42.5 Å². The zero-order valence-corrected chi connectivity index (χ0v) is 16.5. The molecule has 2 aliphatic rings. The van der Waals surface area contributed by atoms with Gasteiger partial charge in [0.2, 0.25) is 6.23 Å². The Morgan fingerprint density at radius 2 is 2.00 bits per heavy atom. The van der Waals surface area contributed by atoms with Crippen molar-refractivity contribution in [2.45, 2.75) is 31.5 Å². The van der Waals surface area contributed by atoms with E-state index in [4.69, 9.17) is 26.7 Å². The number of carbonyl (C=O) groups is 2. The van der Waals surface area contributed by atoms with Gasteiger partial charge in [0, 0.05) is 31.4 Å².